The number of amides is 1. The van der Waals surface area contributed by atoms with E-state index in [0.29, 0.717) is 5.91 Å². The zero-order chi connectivity index (χ0) is 19.5. The van der Waals surface area contributed by atoms with Crippen LogP contribution in [-0.2, 0) is 4.79 Å². The van der Waals surface area contributed by atoms with Crippen LogP contribution in [0, 0.1) is 18.8 Å². The summed E-state index contributed by atoms with van der Waals surface area (Å²) < 4.78 is 0. The highest BCUT2D eigenvalue weighted by atomic mass is 16.2. The van der Waals surface area contributed by atoms with E-state index < -0.39 is 0 Å². The molecule has 148 valence electrons. The first-order chi connectivity index (χ1) is 13.6. The van der Waals surface area contributed by atoms with E-state index in [0.717, 1.165) is 80.7 Å². The Morgan fingerprint density at radius 1 is 1.00 bits per heavy atom. The summed E-state index contributed by atoms with van der Waals surface area (Å²) in [6.45, 7) is 7.88. The van der Waals surface area contributed by atoms with Gasteiger partial charge in [0, 0.05) is 61.8 Å². The molecule has 0 atom stereocenters. The molecular formula is C22H29N5O. The third-order valence-electron chi connectivity index (χ3n) is 6.04. The van der Waals surface area contributed by atoms with Gasteiger partial charge in [0.15, 0.2) is 5.82 Å². The van der Waals surface area contributed by atoms with Crippen LogP contribution < -0.4 is 4.90 Å². The number of hydrogen-bond acceptors (Lipinski definition) is 5. The van der Waals surface area contributed by atoms with Crippen LogP contribution in [0.4, 0.5) is 5.82 Å². The molecule has 0 N–H and O–H groups in total. The van der Waals surface area contributed by atoms with Crippen LogP contribution in [-0.4, -0.2) is 51.9 Å². The van der Waals surface area contributed by atoms with E-state index in [1.54, 1.807) is 12.4 Å². The van der Waals surface area contributed by atoms with E-state index in [4.69, 9.17) is 4.98 Å². The molecule has 6 heteroatoms. The van der Waals surface area contributed by atoms with Crippen LogP contribution in [0.2, 0.25) is 0 Å². The third-order valence-corrected chi connectivity index (χ3v) is 6.04. The zero-order valence-electron chi connectivity index (χ0n) is 16.8. The van der Waals surface area contributed by atoms with Crippen molar-refractivity contribution in [1.29, 1.82) is 0 Å². The number of carbonyl (C=O) groups is 1. The maximum atomic E-state index is 12.9. The van der Waals surface area contributed by atoms with E-state index in [1.807, 2.05) is 25.1 Å². The van der Waals surface area contributed by atoms with Crippen LogP contribution in [0.25, 0.3) is 11.4 Å². The van der Waals surface area contributed by atoms with Crippen molar-refractivity contribution in [2.45, 2.75) is 39.5 Å². The zero-order valence-corrected chi connectivity index (χ0v) is 16.8. The molecule has 2 aliphatic rings. The van der Waals surface area contributed by atoms with Crippen LogP contribution in [0.15, 0.2) is 30.6 Å². The smallest absolute Gasteiger partial charge is 0.225 e. The molecule has 2 aliphatic heterocycles. The number of aryl methyl sites for hydroxylation is 1. The predicted molar refractivity (Wildman–Crippen MR) is 110 cm³/mol. The lowest BCUT2D eigenvalue weighted by Crippen LogP contribution is -2.45. The lowest BCUT2D eigenvalue weighted by atomic mass is 9.92. The van der Waals surface area contributed by atoms with Crippen molar-refractivity contribution in [2.24, 2.45) is 11.8 Å². The van der Waals surface area contributed by atoms with Gasteiger partial charge >= 0.3 is 0 Å². The summed E-state index contributed by atoms with van der Waals surface area (Å²) in [5, 5.41) is 0. The van der Waals surface area contributed by atoms with Crippen molar-refractivity contribution >= 4 is 11.7 Å². The van der Waals surface area contributed by atoms with Gasteiger partial charge in [-0.05, 0) is 50.7 Å². The lowest BCUT2D eigenvalue weighted by molar-refractivity contribution is -0.137. The van der Waals surface area contributed by atoms with Crippen molar-refractivity contribution in [1.82, 2.24) is 19.9 Å². The predicted octanol–water partition coefficient (Wildman–Crippen LogP) is 3.32. The molecule has 4 heterocycles. The van der Waals surface area contributed by atoms with Gasteiger partial charge in [0.2, 0.25) is 5.91 Å². The van der Waals surface area contributed by atoms with E-state index in [9.17, 15) is 4.79 Å². The third kappa shape index (κ3) is 4.16. The fraction of sp³-hybridized carbons (Fsp3) is 0.545. The maximum absolute atomic E-state index is 12.9. The summed E-state index contributed by atoms with van der Waals surface area (Å²) >= 11 is 0. The van der Waals surface area contributed by atoms with Gasteiger partial charge in [-0.25, -0.2) is 9.97 Å². The number of nitrogens with zero attached hydrogens (tertiary/aromatic N) is 5. The molecule has 4 rings (SSSR count). The Bertz CT molecular complexity index is 809. The Morgan fingerprint density at radius 3 is 2.36 bits per heavy atom. The minimum Gasteiger partial charge on any atom is -0.356 e. The number of likely N-dealkylation sites (tertiary alicyclic amines) is 1. The second kappa shape index (κ2) is 8.25. The van der Waals surface area contributed by atoms with Crippen LogP contribution in [0.5, 0.6) is 0 Å². The molecule has 0 spiro atoms. The van der Waals surface area contributed by atoms with E-state index >= 15 is 0 Å². The number of carbonyl (C=O) groups excluding carboxylic acids is 1. The lowest BCUT2D eigenvalue weighted by Gasteiger charge is -2.37. The minimum atomic E-state index is 0.159. The molecule has 6 nitrogen and oxygen atoms in total. The van der Waals surface area contributed by atoms with Crippen molar-refractivity contribution in [3.8, 4) is 11.4 Å². The van der Waals surface area contributed by atoms with Gasteiger partial charge in [-0.1, -0.05) is 6.92 Å². The highest BCUT2D eigenvalue weighted by Crippen LogP contribution is 2.27. The average molecular weight is 380 g/mol. The SMILES string of the molecule is Cc1cc(N2CCC(C(=O)N3CCC(C)CC3)CC2)nc(-c2ccncc2)n1. The Labute approximate surface area is 167 Å². The van der Waals surface area contributed by atoms with Crippen molar-refractivity contribution < 1.29 is 4.79 Å². The molecule has 2 saturated heterocycles. The van der Waals surface area contributed by atoms with Crippen LogP contribution >= 0.6 is 0 Å². The average Bonchev–Trinajstić information content (AvgIpc) is 2.74. The topological polar surface area (TPSA) is 62.2 Å². The number of aromatic nitrogens is 3. The Kier molecular flexibility index (Phi) is 5.55. The molecule has 2 fully saturated rings. The summed E-state index contributed by atoms with van der Waals surface area (Å²) in [4.78, 5) is 30.7. The van der Waals surface area contributed by atoms with Gasteiger partial charge in [0.25, 0.3) is 0 Å². The van der Waals surface area contributed by atoms with Gasteiger partial charge in [0.05, 0.1) is 0 Å². The molecule has 0 aliphatic carbocycles. The van der Waals surface area contributed by atoms with Crippen molar-refractivity contribution in [3.05, 3.63) is 36.3 Å². The number of rotatable bonds is 3. The molecule has 0 bridgehead atoms. The summed E-state index contributed by atoms with van der Waals surface area (Å²) in [6, 6.07) is 5.91. The highest BCUT2D eigenvalue weighted by Gasteiger charge is 2.30. The van der Waals surface area contributed by atoms with Crippen molar-refractivity contribution in [2.75, 3.05) is 31.1 Å². The molecule has 1 amide bonds. The normalized spacial score (nSPS) is 19.1. The molecule has 0 unspecified atom stereocenters. The molecular weight excluding hydrogens is 350 g/mol. The van der Waals surface area contributed by atoms with E-state index in [-0.39, 0.29) is 5.92 Å². The van der Waals surface area contributed by atoms with E-state index in [2.05, 4.69) is 26.7 Å². The molecule has 0 aromatic carbocycles. The number of piperidine rings is 2. The largest absolute Gasteiger partial charge is 0.356 e. The number of pyridine rings is 1. The summed E-state index contributed by atoms with van der Waals surface area (Å²) in [5.41, 5.74) is 1.93. The maximum Gasteiger partial charge on any atom is 0.225 e. The first-order valence-electron chi connectivity index (χ1n) is 10.4. The van der Waals surface area contributed by atoms with Gasteiger partial charge in [-0.3, -0.25) is 9.78 Å². The van der Waals surface area contributed by atoms with Gasteiger partial charge in [-0.2, -0.15) is 0 Å². The fourth-order valence-corrected chi connectivity index (χ4v) is 4.19. The molecule has 0 saturated carbocycles. The Morgan fingerprint density at radius 2 is 1.68 bits per heavy atom. The van der Waals surface area contributed by atoms with Gasteiger partial charge < -0.3 is 9.80 Å². The number of anilines is 1. The van der Waals surface area contributed by atoms with E-state index in [1.165, 1.54) is 0 Å². The monoisotopic (exact) mass is 379 g/mol. The van der Waals surface area contributed by atoms with Gasteiger partial charge in [0.1, 0.15) is 5.82 Å². The second-order valence-corrected chi connectivity index (χ2v) is 8.20. The Hall–Kier alpha value is -2.50. The molecule has 0 radical (unpaired) electrons. The highest BCUT2D eigenvalue weighted by molar-refractivity contribution is 5.79. The van der Waals surface area contributed by atoms with Crippen LogP contribution in [0.3, 0.4) is 0 Å². The standard InChI is InChI=1S/C22H29N5O/c1-16-5-11-27(12-6-16)22(28)19-7-13-26(14-8-19)20-15-17(2)24-21(25-20)18-3-9-23-10-4-18/h3-4,9-10,15-16,19H,5-8,11-14H2,1-2H3. The molecule has 2 aromatic rings. The van der Waals surface area contributed by atoms with Crippen LogP contribution in [0.1, 0.15) is 38.3 Å². The molecule has 2 aromatic heterocycles. The molecule has 28 heavy (non-hydrogen) atoms. The van der Waals surface area contributed by atoms with Crippen molar-refractivity contribution in [3.63, 3.8) is 0 Å². The minimum absolute atomic E-state index is 0.159. The van der Waals surface area contributed by atoms with Gasteiger partial charge in [-0.15, -0.1) is 0 Å². The number of hydrogen-bond donors (Lipinski definition) is 0. The first kappa shape index (κ1) is 18.8. The summed E-state index contributed by atoms with van der Waals surface area (Å²) in [7, 11) is 0. The Balaban J connectivity index is 1.41. The fourth-order valence-electron chi connectivity index (χ4n) is 4.19. The quantitative estimate of drug-likeness (QED) is 0.819. The second-order valence-electron chi connectivity index (χ2n) is 8.20. The first-order valence-corrected chi connectivity index (χ1v) is 10.4. The summed E-state index contributed by atoms with van der Waals surface area (Å²) in [6.07, 6.45) is 7.61. The summed E-state index contributed by atoms with van der Waals surface area (Å²) in [5.74, 6) is 2.96.